The number of likely N-dealkylation sites (tertiary alicyclic amines) is 1. The molecule has 6 nitrogen and oxygen atoms in total. The smallest absolute Gasteiger partial charge is 0.222 e. The van der Waals surface area contributed by atoms with E-state index in [4.69, 9.17) is 9.47 Å². The van der Waals surface area contributed by atoms with Gasteiger partial charge in [0.25, 0.3) is 0 Å². The third-order valence-corrected chi connectivity index (χ3v) is 7.23. The molecule has 1 saturated carbocycles. The highest BCUT2D eigenvalue weighted by Gasteiger charge is 2.48. The number of carbonyl (C=O) groups excluding carboxylic acids is 1. The number of rotatable bonds is 7. The maximum absolute atomic E-state index is 13.0. The third kappa shape index (κ3) is 5.04. The van der Waals surface area contributed by atoms with Crippen LogP contribution in [0.25, 0.3) is 0 Å². The summed E-state index contributed by atoms with van der Waals surface area (Å²) in [6.45, 7) is 6.63. The molecule has 166 valence electrons. The fraction of sp³-hybridized carbons (Fsp3) is 0.750. The lowest BCUT2D eigenvalue weighted by molar-refractivity contribution is -0.203. The summed E-state index contributed by atoms with van der Waals surface area (Å²) in [5.41, 5.74) is 1.23. The molecule has 1 spiro atoms. The van der Waals surface area contributed by atoms with E-state index in [1.807, 2.05) is 36.5 Å². The van der Waals surface area contributed by atoms with Crippen molar-refractivity contribution in [2.75, 3.05) is 39.9 Å². The molecule has 3 aliphatic rings. The van der Waals surface area contributed by atoms with Crippen LogP contribution in [0.15, 0.2) is 24.5 Å². The molecular weight excluding hydrogens is 378 g/mol. The lowest BCUT2D eigenvalue weighted by Crippen LogP contribution is -2.55. The van der Waals surface area contributed by atoms with Crippen molar-refractivity contribution < 1.29 is 14.3 Å². The molecular formula is C24H37N3O3. The summed E-state index contributed by atoms with van der Waals surface area (Å²) in [5.74, 6) is 0.914. The Kier molecular flexibility index (Phi) is 7.06. The molecule has 1 aliphatic carbocycles. The zero-order valence-electron chi connectivity index (χ0n) is 18.6. The maximum atomic E-state index is 13.0. The van der Waals surface area contributed by atoms with E-state index in [0.29, 0.717) is 24.3 Å². The fourth-order valence-corrected chi connectivity index (χ4v) is 5.76. The zero-order valence-corrected chi connectivity index (χ0v) is 18.6. The number of hydrogen-bond acceptors (Lipinski definition) is 5. The second kappa shape index (κ2) is 9.75. The standard InChI is InChI=1S/C24H37N3O3/c1-3-11-27-18-20(15-21-17-24(8-4-22(21)27)29-13-14-30-24)16-23(28)26(2)12-7-19-5-9-25-10-6-19/h5-6,9-10,20-22H,3-4,7-8,11-18H2,1-2H3/t20-,21-,22-/m1/s1. The van der Waals surface area contributed by atoms with Gasteiger partial charge in [-0.15, -0.1) is 0 Å². The summed E-state index contributed by atoms with van der Waals surface area (Å²) >= 11 is 0. The van der Waals surface area contributed by atoms with Crippen LogP contribution in [-0.4, -0.2) is 72.4 Å². The molecule has 30 heavy (non-hydrogen) atoms. The maximum Gasteiger partial charge on any atom is 0.222 e. The van der Waals surface area contributed by atoms with Crippen LogP contribution in [-0.2, 0) is 20.7 Å². The van der Waals surface area contributed by atoms with Crippen LogP contribution in [0.2, 0.25) is 0 Å². The van der Waals surface area contributed by atoms with Crippen molar-refractivity contribution in [3.05, 3.63) is 30.1 Å². The number of hydrogen-bond donors (Lipinski definition) is 0. The quantitative estimate of drug-likeness (QED) is 0.685. The van der Waals surface area contributed by atoms with Gasteiger partial charge in [-0.05, 0) is 61.8 Å². The first-order valence-electron chi connectivity index (χ1n) is 11.7. The van der Waals surface area contributed by atoms with Crippen LogP contribution < -0.4 is 0 Å². The molecule has 0 unspecified atom stereocenters. The first-order valence-corrected chi connectivity index (χ1v) is 11.7. The second-order valence-corrected chi connectivity index (χ2v) is 9.40. The van der Waals surface area contributed by atoms with Gasteiger partial charge in [0.1, 0.15) is 0 Å². The predicted octanol–water partition coefficient (Wildman–Crippen LogP) is 3.12. The zero-order chi connectivity index (χ0) is 21.0. The molecule has 1 aromatic heterocycles. The molecule has 3 heterocycles. The summed E-state index contributed by atoms with van der Waals surface area (Å²) < 4.78 is 12.1. The number of amides is 1. The average Bonchev–Trinajstić information content (AvgIpc) is 3.20. The molecule has 0 radical (unpaired) electrons. The van der Waals surface area contributed by atoms with Crippen molar-refractivity contribution in [3.63, 3.8) is 0 Å². The minimum Gasteiger partial charge on any atom is -0.348 e. The topological polar surface area (TPSA) is 54.9 Å². The highest BCUT2D eigenvalue weighted by Crippen LogP contribution is 2.45. The number of ether oxygens (including phenoxy) is 2. The molecule has 0 N–H and O–H groups in total. The van der Waals surface area contributed by atoms with Gasteiger partial charge in [-0.25, -0.2) is 0 Å². The monoisotopic (exact) mass is 415 g/mol. The van der Waals surface area contributed by atoms with Crippen LogP contribution in [0.5, 0.6) is 0 Å². The third-order valence-electron chi connectivity index (χ3n) is 7.23. The number of likely N-dealkylation sites (N-methyl/N-ethyl adjacent to an activating group) is 1. The van der Waals surface area contributed by atoms with E-state index in [0.717, 1.165) is 71.4 Å². The van der Waals surface area contributed by atoms with E-state index in [9.17, 15) is 4.79 Å². The van der Waals surface area contributed by atoms with Crippen molar-refractivity contribution in [3.8, 4) is 0 Å². The first-order chi connectivity index (χ1) is 14.6. The lowest BCUT2D eigenvalue weighted by atomic mass is 9.72. The van der Waals surface area contributed by atoms with Gasteiger partial charge < -0.3 is 14.4 Å². The Balaban J connectivity index is 1.34. The van der Waals surface area contributed by atoms with E-state index in [1.54, 1.807) is 0 Å². The highest BCUT2D eigenvalue weighted by molar-refractivity contribution is 5.76. The fourth-order valence-electron chi connectivity index (χ4n) is 5.76. The molecule has 2 aliphatic heterocycles. The van der Waals surface area contributed by atoms with Crippen LogP contribution in [0, 0.1) is 11.8 Å². The van der Waals surface area contributed by atoms with E-state index >= 15 is 0 Å². The summed E-state index contributed by atoms with van der Waals surface area (Å²) in [7, 11) is 1.94. The Hall–Kier alpha value is -1.50. The van der Waals surface area contributed by atoms with Crippen LogP contribution in [0.3, 0.4) is 0 Å². The van der Waals surface area contributed by atoms with Crippen molar-refractivity contribution in [2.45, 2.75) is 63.7 Å². The minimum atomic E-state index is -0.341. The van der Waals surface area contributed by atoms with Gasteiger partial charge in [0.15, 0.2) is 5.79 Å². The Morgan fingerprint density at radius 2 is 2.07 bits per heavy atom. The van der Waals surface area contributed by atoms with Gasteiger partial charge in [0.05, 0.1) is 13.2 Å². The second-order valence-electron chi connectivity index (χ2n) is 9.40. The molecule has 0 bridgehead atoms. The number of piperidine rings is 1. The SMILES string of the molecule is CCCN1C[C@@H](CC(=O)N(C)CCc2ccncc2)C[C@@H]2CC3(CC[C@H]21)OCCO3. The van der Waals surface area contributed by atoms with E-state index in [2.05, 4.69) is 16.8 Å². The first kappa shape index (κ1) is 21.7. The predicted molar refractivity (Wildman–Crippen MR) is 116 cm³/mol. The molecule has 1 amide bonds. The van der Waals surface area contributed by atoms with Gasteiger partial charge in [-0.2, -0.15) is 0 Å². The Morgan fingerprint density at radius 3 is 2.80 bits per heavy atom. The van der Waals surface area contributed by atoms with Crippen molar-refractivity contribution in [1.29, 1.82) is 0 Å². The number of fused-ring (bicyclic) bond motifs is 1. The van der Waals surface area contributed by atoms with Crippen molar-refractivity contribution in [1.82, 2.24) is 14.8 Å². The minimum absolute atomic E-state index is 0.267. The van der Waals surface area contributed by atoms with Gasteiger partial charge >= 0.3 is 0 Å². The van der Waals surface area contributed by atoms with Crippen LogP contribution in [0.4, 0.5) is 0 Å². The normalized spacial score (nSPS) is 28.4. The average molecular weight is 416 g/mol. The Labute approximate surface area is 180 Å². The molecule has 2 saturated heterocycles. The van der Waals surface area contributed by atoms with Gasteiger partial charge in [-0.3, -0.25) is 14.7 Å². The van der Waals surface area contributed by atoms with Gasteiger partial charge in [0.2, 0.25) is 5.91 Å². The molecule has 4 rings (SSSR count). The highest BCUT2D eigenvalue weighted by atomic mass is 16.7. The molecule has 1 aromatic rings. The van der Waals surface area contributed by atoms with E-state index in [-0.39, 0.29) is 11.7 Å². The summed E-state index contributed by atoms with van der Waals surface area (Å²) in [5, 5.41) is 0. The molecule has 3 fully saturated rings. The molecule has 0 aromatic carbocycles. The number of aromatic nitrogens is 1. The number of nitrogens with zero attached hydrogens (tertiary/aromatic N) is 3. The van der Waals surface area contributed by atoms with Crippen molar-refractivity contribution in [2.24, 2.45) is 11.8 Å². The van der Waals surface area contributed by atoms with Crippen LogP contribution >= 0.6 is 0 Å². The molecule has 6 heteroatoms. The Bertz CT molecular complexity index is 692. The van der Waals surface area contributed by atoms with Crippen LogP contribution in [0.1, 0.15) is 51.0 Å². The number of pyridine rings is 1. The van der Waals surface area contributed by atoms with Crippen molar-refractivity contribution >= 4 is 5.91 Å². The largest absolute Gasteiger partial charge is 0.348 e. The lowest BCUT2D eigenvalue weighted by Gasteiger charge is -2.51. The molecule has 3 atom stereocenters. The van der Waals surface area contributed by atoms with Gasteiger partial charge in [-0.1, -0.05) is 6.92 Å². The summed E-state index contributed by atoms with van der Waals surface area (Å²) in [4.78, 5) is 21.6. The van der Waals surface area contributed by atoms with E-state index in [1.165, 1.54) is 5.56 Å². The van der Waals surface area contributed by atoms with E-state index < -0.39 is 0 Å². The van der Waals surface area contributed by atoms with Gasteiger partial charge in [0, 0.05) is 57.8 Å². The number of carbonyl (C=O) groups is 1. The summed E-state index contributed by atoms with van der Waals surface area (Å²) in [6.07, 6.45) is 10.6. The summed E-state index contributed by atoms with van der Waals surface area (Å²) in [6, 6.07) is 4.67. The Morgan fingerprint density at radius 1 is 1.30 bits per heavy atom.